The molecule has 0 amide bonds. The van der Waals surface area contributed by atoms with Gasteiger partial charge in [-0.1, -0.05) is 134 Å². The highest BCUT2D eigenvalue weighted by Gasteiger charge is 2.51. The molecule has 344 valence electrons. The number of carbonyl (C=O) groups excluding carboxylic acids is 2. The summed E-state index contributed by atoms with van der Waals surface area (Å²) in [6, 6.07) is 0. The maximum Gasteiger partial charge on any atom is 0.472 e. The second-order valence-corrected chi connectivity index (χ2v) is 17.3. The van der Waals surface area contributed by atoms with Crippen molar-refractivity contribution in [1.29, 1.82) is 0 Å². The van der Waals surface area contributed by atoms with E-state index in [0.29, 0.717) is 12.8 Å². The molecule has 0 aromatic heterocycles. The van der Waals surface area contributed by atoms with Crippen LogP contribution < -0.4 is 0 Å². The zero-order chi connectivity index (χ0) is 43.6. The van der Waals surface area contributed by atoms with E-state index in [1.54, 1.807) is 0 Å². The van der Waals surface area contributed by atoms with Gasteiger partial charge in [0.2, 0.25) is 0 Å². The smallest absolute Gasteiger partial charge is 0.462 e. The van der Waals surface area contributed by atoms with E-state index < -0.39 is 75.7 Å². The van der Waals surface area contributed by atoms with E-state index in [0.717, 1.165) is 83.5 Å². The van der Waals surface area contributed by atoms with E-state index >= 15 is 0 Å². The molecule has 59 heavy (non-hydrogen) atoms. The largest absolute Gasteiger partial charge is 0.472 e. The topological polar surface area (TPSA) is 210 Å². The molecule has 0 spiro atoms. The summed E-state index contributed by atoms with van der Waals surface area (Å²) in [7, 11) is -5.12. The SMILES string of the molecule is CCCCCC=CCC=CCCCCCCCC(=O)OCC(COP(=O)(O)OC1C(O)C(O)C(O)C(O)C1O)OC(=O)CCCCCCCCCC=CCCCCCC. The van der Waals surface area contributed by atoms with Gasteiger partial charge < -0.3 is 39.9 Å². The molecule has 14 heteroatoms. The molecule has 1 fully saturated rings. The summed E-state index contributed by atoms with van der Waals surface area (Å²) in [5.74, 6) is -1.12. The zero-order valence-electron chi connectivity index (χ0n) is 36.3. The van der Waals surface area contributed by atoms with Gasteiger partial charge in [0.1, 0.15) is 43.2 Å². The van der Waals surface area contributed by atoms with E-state index in [2.05, 4.69) is 50.3 Å². The number of hydrogen-bond donors (Lipinski definition) is 6. The summed E-state index contributed by atoms with van der Waals surface area (Å²) in [5, 5.41) is 50.1. The molecule has 1 saturated carbocycles. The van der Waals surface area contributed by atoms with Crippen LogP contribution in [0.5, 0.6) is 0 Å². The quantitative estimate of drug-likeness (QED) is 0.0150. The lowest BCUT2D eigenvalue weighted by Crippen LogP contribution is -2.64. The predicted molar refractivity (Wildman–Crippen MR) is 230 cm³/mol. The molecule has 0 aromatic rings. The molecule has 0 bridgehead atoms. The van der Waals surface area contributed by atoms with Crippen LogP contribution in [0.25, 0.3) is 0 Å². The number of aliphatic hydroxyl groups excluding tert-OH is 5. The van der Waals surface area contributed by atoms with E-state index in [4.69, 9.17) is 18.5 Å². The number of ether oxygens (including phenoxy) is 2. The van der Waals surface area contributed by atoms with Crippen LogP contribution in [-0.4, -0.2) is 98.3 Å². The lowest BCUT2D eigenvalue weighted by molar-refractivity contribution is -0.220. The van der Waals surface area contributed by atoms with Crippen molar-refractivity contribution in [3.05, 3.63) is 36.5 Å². The molecule has 1 rings (SSSR count). The van der Waals surface area contributed by atoms with Gasteiger partial charge in [-0.2, -0.15) is 0 Å². The summed E-state index contributed by atoms with van der Waals surface area (Å²) >= 11 is 0. The standard InChI is InChI=1S/C45H81O13P/c1-3-5-7-9-11-13-15-17-19-21-23-25-27-29-31-33-38(46)55-35-37(36-56-59(53,54)58-45-43(51)41(49)40(48)42(50)44(45)52)57-39(47)34-32-30-28-26-24-22-20-18-16-14-12-10-8-6-4-2/h11,13-14,16-17,19,37,40-45,48-52H,3-10,12,15,18,20-36H2,1-2H3,(H,53,54). The van der Waals surface area contributed by atoms with Crippen LogP contribution in [0.2, 0.25) is 0 Å². The van der Waals surface area contributed by atoms with E-state index in [9.17, 15) is 44.6 Å². The Balaban J connectivity index is 2.48. The van der Waals surface area contributed by atoms with Crippen LogP contribution in [0.1, 0.15) is 181 Å². The number of phosphoric acid groups is 1. The molecular weight excluding hydrogens is 779 g/mol. The monoisotopic (exact) mass is 861 g/mol. The maximum atomic E-state index is 12.8. The van der Waals surface area contributed by atoms with Crippen LogP contribution in [-0.2, 0) is 32.7 Å². The van der Waals surface area contributed by atoms with Crippen molar-refractivity contribution >= 4 is 19.8 Å². The number of aliphatic hydroxyl groups is 5. The second kappa shape index (κ2) is 35.6. The first kappa shape index (κ1) is 55.1. The molecule has 0 aliphatic heterocycles. The maximum absolute atomic E-state index is 12.8. The van der Waals surface area contributed by atoms with Crippen LogP contribution >= 0.6 is 7.82 Å². The summed E-state index contributed by atoms with van der Waals surface area (Å²) in [4.78, 5) is 35.7. The Bertz CT molecular complexity index is 1180. The number of allylic oxidation sites excluding steroid dienone is 6. The van der Waals surface area contributed by atoms with Gasteiger partial charge in [-0.15, -0.1) is 0 Å². The lowest BCUT2D eigenvalue weighted by atomic mass is 9.85. The Hall–Kier alpha value is -1.93. The molecule has 13 nitrogen and oxygen atoms in total. The van der Waals surface area contributed by atoms with E-state index in [1.165, 1.54) is 57.8 Å². The zero-order valence-corrected chi connectivity index (χ0v) is 37.2. The van der Waals surface area contributed by atoms with Gasteiger partial charge in [-0.05, 0) is 70.6 Å². The van der Waals surface area contributed by atoms with Gasteiger partial charge in [0.25, 0.3) is 0 Å². The van der Waals surface area contributed by atoms with Crippen molar-refractivity contribution in [2.75, 3.05) is 13.2 Å². The number of carbonyl (C=O) groups is 2. The van der Waals surface area contributed by atoms with Crippen molar-refractivity contribution in [1.82, 2.24) is 0 Å². The Labute approximate surface area is 355 Å². The van der Waals surface area contributed by atoms with Gasteiger partial charge in [0.05, 0.1) is 6.61 Å². The fraction of sp³-hybridized carbons (Fsp3) is 0.822. The first-order valence-electron chi connectivity index (χ1n) is 22.8. The van der Waals surface area contributed by atoms with Crippen molar-refractivity contribution in [2.45, 2.75) is 224 Å². The molecule has 0 radical (unpaired) electrons. The molecule has 0 aromatic carbocycles. The molecule has 1 aliphatic carbocycles. The molecule has 0 saturated heterocycles. The highest BCUT2D eigenvalue weighted by Crippen LogP contribution is 2.47. The third-order valence-electron chi connectivity index (χ3n) is 10.5. The Morgan fingerprint density at radius 2 is 0.915 bits per heavy atom. The number of hydrogen-bond acceptors (Lipinski definition) is 12. The highest BCUT2D eigenvalue weighted by molar-refractivity contribution is 7.47. The summed E-state index contributed by atoms with van der Waals surface area (Å²) < 4.78 is 33.5. The molecule has 6 atom stereocenters. The van der Waals surface area contributed by atoms with Crippen LogP contribution in [0.15, 0.2) is 36.5 Å². The van der Waals surface area contributed by atoms with E-state index in [-0.39, 0.29) is 12.8 Å². The number of esters is 2. The van der Waals surface area contributed by atoms with Crippen LogP contribution in [0.4, 0.5) is 0 Å². The molecular formula is C45H81O13P. The van der Waals surface area contributed by atoms with Crippen molar-refractivity contribution in [2.24, 2.45) is 0 Å². The van der Waals surface area contributed by atoms with E-state index in [1.807, 2.05) is 0 Å². The van der Waals surface area contributed by atoms with Gasteiger partial charge in [0.15, 0.2) is 6.10 Å². The fourth-order valence-corrected chi connectivity index (χ4v) is 7.70. The average molecular weight is 861 g/mol. The molecule has 0 heterocycles. The summed E-state index contributed by atoms with van der Waals surface area (Å²) in [6.07, 6.45) is 26.2. The minimum atomic E-state index is -5.12. The molecule has 1 aliphatic rings. The minimum absolute atomic E-state index is 0.0886. The van der Waals surface area contributed by atoms with Gasteiger partial charge >= 0.3 is 19.8 Å². The highest BCUT2D eigenvalue weighted by atomic mass is 31.2. The normalized spacial score (nSPS) is 22.6. The van der Waals surface area contributed by atoms with Crippen molar-refractivity contribution < 1.29 is 63.1 Å². The predicted octanol–water partition coefficient (Wildman–Crippen LogP) is 8.61. The van der Waals surface area contributed by atoms with Crippen molar-refractivity contribution in [3.63, 3.8) is 0 Å². The van der Waals surface area contributed by atoms with Gasteiger partial charge in [-0.25, -0.2) is 4.57 Å². The Kier molecular flexibility index (Phi) is 33.3. The average Bonchev–Trinajstić information content (AvgIpc) is 3.21. The second-order valence-electron chi connectivity index (χ2n) is 15.9. The van der Waals surface area contributed by atoms with Gasteiger partial charge in [-0.3, -0.25) is 18.6 Å². The molecule has 6 unspecified atom stereocenters. The third kappa shape index (κ3) is 28.3. The van der Waals surface area contributed by atoms with Crippen LogP contribution in [0, 0.1) is 0 Å². The van der Waals surface area contributed by atoms with Gasteiger partial charge in [0, 0.05) is 12.8 Å². The fourth-order valence-electron chi connectivity index (χ4n) is 6.72. The molecule has 6 N–H and O–H groups in total. The Morgan fingerprint density at radius 1 is 0.525 bits per heavy atom. The summed E-state index contributed by atoms with van der Waals surface area (Å²) in [6.45, 7) is 3.24. The lowest BCUT2D eigenvalue weighted by Gasteiger charge is -2.41. The number of unbranched alkanes of at least 4 members (excludes halogenated alkanes) is 19. The third-order valence-corrected chi connectivity index (χ3v) is 11.4. The summed E-state index contributed by atoms with van der Waals surface area (Å²) in [5.41, 5.74) is 0. The first-order chi connectivity index (χ1) is 28.4. The Morgan fingerprint density at radius 3 is 1.42 bits per heavy atom. The minimum Gasteiger partial charge on any atom is -0.462 e. The van der Waals surface area contributed by atoms with Crippen LogP contribution in [0.3, 0.4) is 0 Å². The first-order valence-corrected chi connectivity index (χ1v) is 24.3. The number of rotatable bonds is 37. The van der Waals surface area contributed by atoms with Crippen molar-refractivity contribution in [3.8, 4) is 0 Å². The number of phosphoric ester groups is 1.